The first-order valence-corrected chi connectivity index (χ1v) is 5.96. The quantitative estimate of drug-likeness (QED) is 0.833. The number of rotatable bonds is 2. The zero-order valence-corrected chi connectivity index (χ0v) is 10.4. The molecule has 0 aliphatic carbocycles. The van der Waals surface area contributed by atoms with E-state index in [1.165, 1.54) is 0 Å². The van der Waals surface area contributed by atoms with Crippen molar-refractivity contribution < 1.29 is 4.79 Å². The van der Waals surface area contributed by atoms with Crippen LogP contribution in [0.5, 0.6) is 0 Å². The molecule has 1 aromatic rings. The third-order valence-corrected chi connectivity index (χ3v) is 3.47. The van der Waals surface area contributed by atoms with Crippen LogP contribution in [0.3, 0.4) is 0 Å². The van der Waals surface area contributed by atoms with Crippen LogP contribution in [0, 0.1) is 5.92 Å². The molecule has 1 heterocycles. The molecule has 1 amide bonds. The molecular formula is C12H16ClN3O. The first-order valence-electron chi connectivity index (χ1n) is 5.59. The van der Waals surface area contributed by atoms with E-state index in [4.69, 9.17) is 23.1 Å². The van der Waals surface area contributed by atoms with Gasteiger partial charge in [-0.05, 0) is 24.1 Å². The standard InChI is InChI=1S/C12H16ClN3O/c1-7-5-16(6-10(7)14)11-4-8(13)2-3-9(11)12(15)17/h2-4,7,10H,5-6,14H2,1H3,(H2,15,17). The number of benzene rings is 1. The molecule has 1 saturated heterocycles. The largest absolute Gasteiger partial charge is 0.369 e. The monoisotopic (exact) mass is 253 g/mol. The maximum Gasteiger partial charge on any atom is 0.250 e. The van der Waals surface area contributed by atoms with Crippen molar-refractivity contribution in [3.05, 3.63) is 28.8 Å². The van der Waals surface area contributed by atoms with Gasteiger partial charge in [0.05, 0.1) is 11.3 Å². The summed E-state index contributed by atoms with van der Waals surface area (Å²) in [6.45, 7) is 3.64. The molecule has 2 rings (SSSR count). The molecule has 17 heavy (non-hydrogen) atoms. The third kappa shape index (κ3) is 2.37. The van der Waals surface area contributed by atoms with Gasteiger partial charge in [0.2, 0.25) is 0 Å². The van der Waals surface area contributed by atoms with E-state index in [0.717, 1.165) is 18.8 Å². The van der Waals surface area contributed by atoms with Crippen LogP contribution in [0.15, 0.2) is 18.2 Å². The van der Waals surface area contributed by atoms with E-state index in [2.05, 4.69) is 11.8 Å². The van der Waals surface area contributed by atoms with Gasteiger partial charge in [-0.1, -0.05) is 18.5 Å². The Morgan fingerprint density at radius 1 is 1.47 bits per heavy atom. The number of nitrogens with two attached hydrogens (primary N) is 2. The normalized spacial score (nSPS) is 24.1. The summed E-state index contributed by atoms with van der Waals surface area (Å²) in [5.41, 5.74) is 12.6. The minimum absolute atomic E-state index is 0.120. The molecular weight excluding hydrogens is 238 g/mol. The van der Waals surface area contributed by atoms with Gasteiger partial charge in [0, 0.05) is 24.2 Å². The van der Waals surface area contributed by atoms with Gasteiger partial charge < -0.3 is 16.4 Å². The number of anilines is 1. The van der Waals surface area contributed by atoms with Crippen molar-refractivity contribution in [3.8, 4) is 0 Å². The van der Waals surface area contributed by atoms with E-state index < -0.39 is 5.91 Å². The average molecular weight is 254 g/mol. The van der Waals surface area contributed by atoms with E-state index in [1.54, 1.807) is 18.2 Å². The average Bonchev–Trinajstić information content (AvgIpc) is 2.58. The van der Waals surface area contributed by atoms with Crippen LogP contribution < -0.4 is 16.4 Å². The third-order valence-electron chi connectivity index (χ3n) is 3.24. The molecule has 0 aromatic heterocycles. The molecule has 1 aliphatic rings. The summed E-state index contributed by atoms with van der Waals surface area (Å²) in [6, 6.07) is 5.22. The summed E-state index contributed by atoms with van der Waals surface area (Å²) < 4.78 is 0. The molecule has 4 N–H and O–H groups in total. The number of hydrogen-bond donors (Lipinski definition) is 2. The molecule has 4 nitrogen and oxygen atoms in total. The summed E-state index contributed by atoms with van der Waals surface area (Å²) in [4.78, 5) is 13.4. The Bertz CT molecular complexity index is 439. The summed E-state index contributed by atoms with van der Waals surface area (Å²) in [5.74, 6) is -0.0421. The lowest BCUT2D eigenvalue weighted by Gasteiger charge is -2.21. The Labute approximate surface area is 106 Å². The van der Waals surface area contributed by atoms with E-state index in [-0.39, 0.29) is 6.04 Å². The van der Waals surface area contributed by atoms with Gasteiger partial charge in [0.15, 0.2) is 0 Å². The molecule has 5 heteroatoms. The van der Waals surface area contributed by atoms with Gasteiger partial charge in [0.25, 0.3) is 5.91 Å². The van der Waals surface area contributed by atoms with Crippen molar-refractivity contribution in [1.29, 1.82) is 0 Å². The second kappa shape index (κ2) is 4.55. The van der Waals surface area contributed by atoms with Crippen molar-refractivity contribution in [2.45, 2.75) is 13.0 Å². The van der Waals surface area contributed by atoms with Crippen molar-refractivity contribution in [1.82, 2.24) is 0 Å². The highest BCUT2D eigenvalue weighted by Crippen LogP contribution is 2.29. The number of primary amides is 1. The van der Waals surface area contributed by atoms with Crippen LogP contribution in [0.25, 0.3) is 0 Å². The number of hydrogen-bond acceptors (Lipinski definition) is 3. The SMILES string of the molecule is CC1CN(c2cc(Cl)ccc2C(N)=O)CC1N. The zero-order valence-electron chi connectivity index (χ0n) is 9.69. The number of carbonyl (C=O) groups excluding carboxylic acids is 1. The molecule has 1 fully saturated rings. The lowest BCUT2D eigenvalue weighted by molar-refractivity contribution is 0.100. The smallest absolute Gasteiger partial charge is 0.250 e. The molecule has 1 aromatic carbocycles. The van der Waals surface area contributed by atoms with E-state index in [0.29, 0.717) is 16.5 Å². The van der Waals surface area contributed by atoms with E-state index in [1.807, 2.05) is 0 Å². The first kappa shape index (κ1) is 12.2. The van der Waals surface area contributed by atoms with E-state index in [9.17, 15) is 4.79 Å². The van der Waals surface area contributed by atoms with Gasteiger partial charge >= 0.3 is 0 Å². The summed E-state index contributed by atoms with van der Waals surface area (Å²) in [5, 5.41) is 0.595. The Morgan fingerprint density at radius 2 is 2.18 bits per heavy atom. The van der Waals surface area contributed by atoms with E-state index >= 15 is 0 Å². The predicted octanol–water partition coefficient (Wildman–Crippen LogP) is 1.22. The summed E-state index contributed by atoms with van der Waals surface area (Å²) in [6.07, 6.45) is 0. The Kier molecular flexibility index (Phi) is 3.26. The highest BCUT2D eigenvalue weighted by molar-refractivity contribution is 6.31. The van der Waals surface area contributed by atoms with Crippen LogP contribution in [0.2, 0.25) is 5.02 Å². The van der Waals surface area contributed by atoms with Crippen LogP contribution in [-0.4, -0.2) is 25.0 Å². The highest BCUT2D eigenvalue weighted by Gasteiger charge is 2.28. The van der Waals surface area contributed by atoms with Crippen LogP contribution in [0.1, 0.15) is 17.3 Å². The Morgan fingerprint density at radius 3 is 2.71 bits per heavy atom. The predicted molar refractivity (Wildman–Crippen MR) is 69.3 cm³/mol. The molecule has 0 radical (unpaired) electrons. The lowest BCUT2D eigenvalue weighted by atomic mass is 10.1. The van der Waals surface area contributed by atoms with Gasteiger partial charge in [-0.2, -0.15) is 0 Å². The highest BCUT2D eigenvalue weighted by atomic mass is 35.5. The van der Waals surface area contributed by atoms with Gasteiger partial charge in [-0.3, -0.25) is 4.79 Å². The Hall–Kier alpha value is -1.26. The topological polar surface area (TPSA) is 72.3 Å². The molecule has 0 bridgehead atoms. The molecule has 1 aliphatic heterocycles. The van der Waals surface area contributed by atoms with Crippen LogP contribution >= 0.6 is 11.6 Å². The Balaban J connectivity index is 2.37. The minimum Gasteiger partial charge on any atom is -0.369 e. The lowest BCUT2D eigenvalue weighted by Crippen LogP contribution is -2.29. The first-order chi connectivity index (χ1) is 7.99. The van der Waals surface area contributed by atoms with Gasteiger partial charge in [-0.25, -0.2) is 0 Å². The zero-order chi connectivity index (χ0) is 12.6. The summed E-state index contributed by atoms with van der Waals surface area (Å²) in [7, 11) is 0. The number of halogens is 1. The van der Waals surface area contributed by atoms with Crippen LogP contribution in [0.4, 0.5) is 5.69 Å². The number of nitrogens with zero attached hydrogens (tertiary/aromatic N) is 1. The van der Waals surface area contributed by atoms with Crippen molar-refractivity contribution >= 4 is 23.2 Å². The molecule has 2 atom stereocenters. The van der Waals surface area contributed by atoms with Gasteiger partial charge in [0.1, 0.15) is 0 Å². The molecule has 92 valence electrons. The van der Waals surface area contributed by atoms with Crippen molar-refractivity contribution in [3.63, 3.8) is 0 Å². The fourth-order valence-electron chi connectivity index (χ4n) is 2.16. The molecule has 0 spiro atoms. The maximum atomic E-state index is 11.4. The number of amides is 1. The van der Waals surface area contributed by atoms with Crippen molar-refractivity contribution in [2.75, 3.05) is 18.0 Å². The van der Waals surface area contributed by atoms with Crippen LogP contribution in [-0.2, 0) is 0 Å². The fourth-order valence-corrected chi connectivity index (χ4v) is 2.33. The number of carbonyl (C=O) groups is 1. The molecule has 0 saturated carbocycles. The van der Waals surface area contributed by atoms with Gasteiger partial charge in [-0.15, -0.1) is 0 Å². The van der Waals surface area contributed by atoms with Crippen molar-refractivity contribution in [2.24, 2.45) is 17.4 Å². The molecule has 2 unspecified atom stereocenters. The summed E-state index contributed by atoms with van der Waals surface area (Å²) >= 11 is 5.96. The minimum atomic E-state index is -0.440. The fraction of sp³-hybridized carbons (Fsp3) is 0.417. The maximum absolute atomic E-state index is 11.4. The second-order valence-corrected chi connectivity index (χ2v) is 5.01. The second-order valence-electron chi connectivity index (χ2n) is 4.57.